The Hall–Kier alpha value is -0.530. The summed E-state index contributed by atoms with van der Waals surface area (Å²) in [6.45, 7) is 5.99. The van der Waals surface area contributed by atoms with Crippen LogP contribution in [0.2, 0.25) is 0 Å². The van der Waals surface area contributed by atoms with E-state index in [0.717, 1.165) is 12.8 Å². The molecule has 0 aromatic heterocycles. The molecule has 0 aromatic carbocycles. The number of cyclic esters (lactones) is 1. The van der Waals surface area contributed by atoms with Gasteiger partial charge in [0.05, 0.1) is 5.41 Å². The number of carbonyl (C=O) groups is 1. The minimum atomic E-state index is -0.212. The van der Waals surface area contributed by atoms with Gasteiger partial charge in [0, 0.05) is 0 Å². The van der Waals surface area contributed by atoms with Crippen LogP contribution >= 0.6 is 0 Å². The third-order valence-electron chi connectivity index (χ3n) is 2.13. The van der Waals surface area contributed by atoms with Crippen molar-refractivity contribution in [1.29, 1.82) is 0 Å². The minimum Gasteiger partial charge on any atom is -0.461 e. The van der Waals surface area contributed by atoms with E-state index in [4.69, 9.17) is 4.74 Å². The van der Waals surface area contributed by atoms with E-state index in [1.165, 1.54) is 0 Å². The van der Waals surface area contributed by atoms with E-state index in [1.54, 1.807) is 0 Å². The molecule has 1 heterocycles. The SMILES string of the molecule is CCCC1OC(=O)C1(C)C. The van der Waals surface area contributed by atoms with Crippen LogP contribution in [0.4, 0.5) is 0 Å². The first-order valence-electron chi connectivity index (χ1n) is 3.80. The summed E-state index contributed by atoms with van der Waals surface area (Å²) >= 11 is 0. The summed E-state index contributed by atoms with van der Waals surface area (Å²) in [6, 6.07) is 0. The number of carbonyl (C=O) groups excluding carboxylic acids is 1. The fourth-order valence-corrected chi connectivity index (χ4v) is 1.18. The van der Waals surface area contributed by atoms with Gasteiger partial charge in [0.25, 0.3) is 0 Å². The smallest absolute Gasteiger partial charge is 0.315 e. The fourth-order valence-electron chi connectivity index (χ4n) is 1.18. The maximum absolute atomic E-state index is 10.8. The standard InChI is InChI=1S/C8H14O2/c1-4-5-6-8(2,3)7(9)10-6/h6H,4-5H2,1-3H3. The predicted octanol–water partition coefficient (Wildman–Crippen LogP) is 1.74. The lowest BCUT2D eigenvalue weighted by molar-refractivity contribution is -0.201. The minimum absolute atomic E-state index is 0.0500. The Bertz CT molecular complexity index is 149. The Labute approximate surface area is 61.6 Å². The predicted molar refractivity (Wildman–Crippen MR) is 38.6 cm³/mol. The van der Waals surface area contributed by atoms with Crippen LogP contribution in [-0.2, 0) is 9.53 Å². The van der Waals surface area contributed by atoms with Crippen LogP contribution in [0.25, 0.3) is 0 Å². The van der Waals surface area contributed by atoms with Crippen molar-refractivity contribution in [1.82, 2.24) is 0 Å². The van der Waals surface area contributed by atoms with E-state index in [-0.39, 0.29) is 17.5 Å². The molecule has 0 N–H and O–H groups in total. The van der Waals surface area contributed by atoms with Crippen molar-refractivity contribution >= 4 is 5.97 Å². The molecule has 0 radical (unpaired) electrons. The fraction of sp³-hybridized carbons (Fsp3) is 0.875. The van der Waals surface area contributed by atoms with Gasteiger partial charge in [-0.25, -0.2) is 0 Å². The Kier molecular flexibility index (Phi) is 1.71. The second-order valence-corrected chi connectivity index (χ2v) is 3.40. The zero-order valence-corrected chi connectivity index (χ0v) is 6.81. The lowest BCUT2D eigenvalue weighted by Gasteiger charge is -2.41. The summed E-state index contributed by atoms with van der Waals surface area (Å²) in [5.74, 6) is -0.0500. The number of esters is 1. The highest BCUT2D eigenvalue weighted by molar-refractivity contribution is 5.82. The first-order valence-corrected chi connectivity index (χ1v) is 3.80. The average Bonchev–Trinajstić information content (AvgIpc) is 1.88. The summed E-state index contributed by atoms with van der Waals surface area (Å²) in [5, 5.41) is 0. The van der Waals surface area contributed by atoms with Gasteiger partial charge in [-0.1, -0.05) is 13.3 Å². The van der Waals surface area contributed by atoms with E-state index in [2.05, 4.69) is 6.92 Å². The molecule has 0 aliphatic carbocycles. The summed E-state index contributed by atoms with van der Waals surface area (Å²) < 4.78 is 4.96. The first kappa shape index (κ1) is 7.58. The van der Waals surface area contributed by atoms with E-state index >= 15 is 0 Å². The molecule has 0 spiro atoms. The van der Waals surface area contributed by atoms with Crippen LogP contribution in [0.1, 0.15) is 33.6 Å². The molecular formula is C8H14O2. The number of ether oxygens (including phenoxy) is 1. The van der Waals surface area contributed by atoms with Crippen molar-refractivity contribution in [3.05, 3.63) is 0 Å². The monoisotopic (exact) mass is 142 g/mol. The molecule has 1 rings (SSSR count). The van der Waals surface area contributed by atoms with Crippen molar-refractivity contribution in [2.24, 2.45) is 5.41 Å². The van der Waals surface area contributed by atoms with Crippen LogP contribution < -0.4 is 0 Å². The normalized spacial score (nSPS) is 29.1. The zero-order valence-electron chi connectivity index (χ0n) is 6.81. The zero-order chi connectivity index (χ0) is 7.78. The van der Waals surface area contributed by atoms with Crippen LogP contribution in [-0.4, -0.2) is 12.1 Å². The topological polar surface area (TPSA) is 26.3 Å². The molecule has 1 unspecified atom stereocenters. The molecule has 1 saturated heterocycles. The molecule has 0 aromatic rings. The molecule has 0 saturated carbocycles. The van der Waals surface area contributed by atoms with Gasteiger partial charge >= 0.3 is 5.97 Å². The van der Waals surface area contributed by atoms with Gasteiger partial charge in [-0.3, -0.25) is 4.79 Å². The second-order valence-electron chi connectivity index (χ2n) is 3.40. The second kappa shape index (κ2) is 2.26. The molecule has 1 fully saturated rings. The molecule has 2 heteroatoms. The van der Waals surface area contributed by atoms with Gasteiger partial charge in [-0.2, -0.15) is 0 Å². The summed E-state index contributed by atoms with van der Waals surface area (Å²) in [7, 11) is 0. The van der Waals surface area contributed by atoms with Crippen molar-refractivity contribution < 1.29 is 9.53 Å². The van der Waals surface area contributed by atoms with Gasteiger partial charge in [0.15, 0.2) is 0 Å². The van der Waals surface area contributed by atoms with Crippen LogP contribution in [0.5, 0.6) is 0 Å². The molecule has 1 atom stereocenters. The molecule has 2 nitrogen and oxygen atoms in total. The molecule has 58 valence electrons. The molecule has 10 heavy (non-hydrogen) atoms. The Balaban J connectivity index is 2.46. The summed E-state index contributed by atoms with van der Waals surface area (Å²) in [5.41, 5.74) is -0.212. The highest BCUT2D eigenvalue weighted by Gasteiger charge is 2.49. The molecule has 1 aliphatic heterocycles. The number of rotatable bonds is 2. The highest BCUT2D eigenvalue weighted by atomic mass is 16.6. The maximum Gasteiger partial charge on any atom is 0.315 e. The number of hydrogen-bond donors (Lipinski definition) is 0. The summed E-state index contributed by atoms with van der Waals surface area (Å²) in [6.07, 6.45) is 2.25. The van der Waals surface area contributed by atoms with Crippen LogP contribution in [0.3, 0.4) is 0 Å². The third kappa shape index (κ3) is 0.917. The van der Waals surface area contributed by atoms with E-state index in [0.29, 0.717) is 0 Å². The average molecular weight is 142 g/mol. The van der Waals surface area contributed by atoms with Crippen molar-refractivity contribution in [2.75, 3.05) is 0 Å². The molecular weight excluding hydrogens is 128 g/mol. The van der Waals surface area contributed by atoms with Crippen LogP contribution in [0.15, 0.2) is 0 Å². The highest BCUT2D eigenvalue weighted by Crippen LogP contribution is 2.37. The van der Waals surface area contributed by atoms with E-state index in [1.807, 2.05) is 13.8 Å². The summed E-state index contributed by atoms with van der Waals surface area (Å²) in [4.78, 5) is 10.8. The number of hydrogen-bond acceptors (Lipinski definition) is 2. The maximum atomic E-state index is 10.8. The van der Waals surface area contributed by atoms with Gasteiger partial charge in [-0.05, 0) is 20.3 Å². The first-order chi connectivity index (χ1) is 4.59. The van der Waals surface area contributed by atoms with Crippen LogP contribution in [0, 0.1) is 5.41 Å². The molecule has 1 aliphatic rings. The van der Waals surface area contributed by atoms with Crippen molar-refractivity contribution in [3.63, 3.8) is 0 Å². The van der Waals surface area contributed by atoms with E-state index < -0.39 is 0 Å². The van der Waals surface area contributed by atoms with Gasteiger partial charge in [0.2, 0.25) is 0 Å². The lowest BCUT2D eigenvalue weighted by atomic mass is 9.79. The van der Waals surface area contributed by atoms with Crippen molar-refractivity contribution in [3.8, 4) is 0 Å². The van der Waals surface area contributed by atoms with Crippen molar-refractivity contribution in [2.45, 2.75) is 39.7 Å². The quantitative estimate of drug-likeness (QED) is 0.549. The van der Waals surface area contributed by atoms with Gasteiger partial charge in [-0.15, -0.1) is 0 Å². The largest absolute Gasteiger partial charge is 0.461 e. The molecule has 0 amide bonds. The Morgan fingerprint density at radius 3 is 2.50 bits per heavy atom. The molecule has 0 bridgehead atoms. The van der Waals surface area contributed by atoms with Gasteiger partial charge in [0.1, 0.15) is 6.10 Å². The lowest BCUT2D eigenvalue weighted by Crippen LogP contribution is -2.52. The Morgan fingerprint density at radius 1 is 1.60 bits per heavy atom. The third-order valence-corrected chi connectivity index (χ3v) is 2.13. The van der Waals surface area contributed by atoms with E-state index in [9.17, 15) is 4.79 Å². The van der Waals surface area contributed by atoms with Gasteiger partial charge < -0.3 is 4.74 Å². The Morgan fingerprint density at radius 2 is 2.20 bits per heavy atom.